The SMILES string of the molecule is COc1ccc(-n2cc(-c3ccc(F)cc3)c3c(NN)ncnc32)cc1. The Morgan fingerprint density at radius 3 is 2.42 bits per heavy atom. The smallest absolute Gasteiger partial charge is 0.153 e. The maximum Gasteiger partial charge on any atom is 0.153 e. The molecule has 3 N–H and O–H groups in total. The summed E-state index contributed by atoms with van der Waals surface area (Å²) in [5.41, 5.74) is 5.91. The van der Waals surface area contributed by atoms with Gasteiger partial charge in [0.25, 0.3) is 0 Å². The van der Waals surface area contributed by atoms with Gasteiger partial charge in [-0.15, -0.1) is 0 Å². The van der Waals surface area contributed by atoms with E-state index in [0.717, 1.165) is 28.0 Å². The van der Waals surface area contributed by atoms with Gasteiger partial charge >= 0.3 is 0 Å². The maximum atomic E-state index is 13.3. The largest absolute Gasteiger partial charge is 0.497 e. The van der Waals surface area contributed by atoms with Crippen molar-refractivity contribution in [1.82, 2.24) is 14.5 Å². The summed E-state index contributed by atoms with van der Waals surface area (Å²) in [6.45, 7) is 0. The first-order valence-corrected chi connectivity index (χ1v) is 7.94. The third kappa shape index (κ3) is 2.64. The molecule has 0 atom stereocenters. The zero-order chi connectivity index (χ0) is 18.1. The Balaban J connectivity index is 1.98. The van der Waals surface area contributed by atoms with Gasteiger partial charge in [0.15, 0.2) is 11.5 Å². The number of aromatic nitrogens is 3. The standard InChI is InChI=1S/C19H16FN5O/c1-26-15-8-6-14(7-9-15)25-10-16(12-2-4-13(20)5-3-12)17-18(24-21)22-11-23-19(17)25/h2-11H,21H2,1H3,(H,22,23,24). The number of benzene rings is 2. The lowest BCUT2D eigenvalue weighted by atomic mass is 10.1. The van der Waals surface area contributed by atoms with Gasteiger partial charge in [-0.2, -0.15) is 0 Å². The molecule has 0 radical (unpaired) electrons. The van der Waals surface area contributed by atoms with E-state index in [1.807, 2.05) is 35.0 Å². The van der Waals surface area contributed by atoms with Crippen LogP contribution in [0.15, 0.2) is 61.1 Å². The lowest BCUT2D eigenvalue weighted by Crippen LogP contribution is -2.09. The van der Waals surface area contributed by atoms with Crippen molar-refractivity contribution >= 4 is 16.9 Å². The van der Waals surface area contributed by atoms with Gasteiger partial charge in [-0.25, -0.2) is 20.2 Å². The summed E-state index contributed by atoms with van der Waals surface area (Å²) in [6.07, 6.45) is 3.39. The van der Waals surface area contributed by atoms with Crippen LogP contribution in [0.3, 0.4) is 0 Å². The molecule has 0 fully saturated rings. The van der Waals surface area contributed by atoms with Gasteiger partial charge in [0.2, 0.25) is 0 Å². The highest BCUT2D eigenvalue weighted by atomic mass is 19.1. The van der Waals surface area contributed by atoms with Crippen LogP contribution in [0.5, 0.6) is 5.75 Å². The Kier molecular flexibility index (Phi) is 3.98. The predicted molar refractivity (Wildman–Crippen MR) is 98.6 cm³/mol. The molecular weight excluding hydrogens is 333 g/mol. The van der Waals surface area contributed by atoms with Gasteiger partial charge in [-0.1, -0.05) is 12.1 Å². The molecule has 2 heterocycles. The molecule has 2 aromatic carbocycles. The molecular formula is C19H16FN5O. The number of nitrogens with zero attached hydrogens (tertiary/aromatic N) is 3. The molecule has 130 valence electrons. The lowest BCUT2D eigenvalue weighted by Gasteiger charge is -2.06. The number of hydrazine groups is 1. The van der Waals surface area contributed by atoms with Crippen molar-refractivity contribution in [3.63, 3.8) is 0 Å². The number of hydrogen-bond acceptors (Lipinski definition) is 5. The van der Waals surface area contributed by atoms with Crippen LogP contribution in [0.25, 0.3) is 27.8 Å². The third-order valence-electron chi connectivity index (χ3n) is 4.23. The zero-order valence-electron chi connectivity index (χ0n) is 14.0. The Hall–Kier alpha value is -3.45. The Morgan fingerprint density at radius 1 is 1.04 bits per heavy atom. The minimum atomic E-state index is -0.291. The first-order valence-electron chi connectivity index (χ1n) is 7.94. The molecule has 0 bridgehead atoms. The third-order valence-corrected chi connectivity index (χ3v) is 4.23. The average molecular weight is 349 g/mol. The number of hydrogen-bond donors (Lipinski definition) is 2. The first-order chi connectivity index (χ1) is 12.7. The molecule has 26 heavy (non-hydrogen) atoms. The molecule has 0 saturated carbocycles. The van der Waals surface area contributed by atoms with E-state index in [4.69, 9.17) is 10.6 Å². The van der Waals surface area contributed by atoms with Crippen LogP contribution in [0.4, 0.5) is 10.2 Å². The van der Waals surface area contributed by atoms with Crippen molar-refractivity contribution < 1.29 is 9.13 Å². The molecule has 0 amide bonds. The summed E-state index contributed by atoms with van der Waals surface area (Å²) in [5, 5.41) is 0.762. The average Bonchev–Trinajstić information content (AvgIpc) is 3.08. The molecule has 0 saturated heterocycles. The number of fused-ring (bicyclic) bond motifs is 1. The van der Waals surface area contributed by atoms with E-state index in [-0.39, 0.29) is 5.82 Å². The molecule has 4 aromatic rings. The van der Waals surface area contributed by atoms with E-state index in [9.17, 15) is 4.39 Å². The summed E-state index contributed by atoms with van der Waals surface area (Å²) in [6, 6.07) is 13.9. The van der Waals surface area contributed by atoms with Crippen molar-refractivity contribution in [2.45, 2.75) is 0 Å². The van der Waals surface area contributed by atoms with Crippen LogP contribution < -0.4 is 16.0 Å². The monoisotopic (exact) mass is 349 g/mol. The number of nitrogens with two attached hydrogens (primary N) is 1. The second-order valence-electron chi connectivity index (χ2n) is 5.68. The molecule has 6 nitrogen and oxygen atoms in total. The number of methoxy groups -OCH3 is 1. The van der Waals surface area contributed by atoms with E-state index in [1.165, 1.54) is 18.5 Å². The van der Waals surface area contributed by atoms with E-state index >= 15 is 0 Å². The molecule has 0 spiro atoms. The number of nitrogen functional groups attached to an aromatic ring is 1. The zero-order valence-corrected chi connectivity index (χ0v) is 14.0. The van der Waals surface area contributed by atoms with Crippen molar-refractivity contribution in [3.8, 4) is 22.6 Å². The van der Waals surface area contributed by atoms with E-state index in [0.29, 0.717) is 11.5 Å². The quantitative estimate of drug-likeness (QED) is 0.435. The summed E-state index contributed by atoms with van der Waals surface area (Å²) in [5.74, 6) is 6.62. The minimum Gasteiger partial charge on any atom is -0.497 e. The lowest BCUT2D eigenvalue weighted by molar-refractivity contribution is 0.415. The highest BCUT2D eigenvalue weighted by Crippen LogP contribution is 2.35. The number of ether oxygens (including phenoxy) is 1. The van der Waals surface area contributed by atoms with Gasteiger partial charge in [0, 0.05) is 17.4 Å². The molecule has 0 aliphatic heterocycles. The molecule has 4 rings (SSSR count). The van der Waals surface area contributed by atoms with Gasteiger partial charge in [-0.3, -0.25) is 0 Å². The normalized spacial score (nSPS) is 10.9. The van der Waals surface area contributed by atoms with Crippen molar-refractivity contribution in [3.05, 3.63) is 66.9 Å². The summed E-state index contributed by atoms with van der Waals surface area (Å²) >= 11 is 0. The van der Waals surface area contributed by atoms with Crippen molar-refractivity contribution in [1.29, 1.82) is 0 Å². The number of rotatable bonds is 4. The van der Waals surface area contributed by atoms with Crippen LogP contribution in [0, 0.1) is 5.82 Å². The molecule has 2 aromatic heterocycles. The second kappa shape index (κ2) is 6.45. The summed E-state index contributed by atoms with van der Waals surface area (Å²) in [4.78, 5) is 8.63. The number of halogens is 1. The first kappa shape index (κ1) is 16.0. The van der Waals surface area contributed by atoms with Gasteiger partial charge in [0.05, 0.1) is 12.5 Å². The van der Waals surface area contributed by atoms with Crippen LogP contribution >= 0.6 is 0 Å². The fourth-order valence-corrected chi connectivity index (χ4v) is 2.96. The minimum absolute atomic E-state index is 0.291. The Morgan fingerprint density at radius 2 is 1.77 bits per heavy atom. The fraction of sp³-hybridized carbons (Fsp3) is 0.0526. The summed E-state index contributed by atoms with van der Waals surface area (Å²) < 4.78 is 20.5. The highest BCUT2D eigenvalue weighted by Gasteiger charge is 2.17. The van der Waals surface area contributed by atoms with Gasteiger partial charge in [-0.05, 0) is 42.0 Å². The topological polar surface area (TPSA) is 78.0 Å². The summed E-state index contributed by atoms with van der Waals surface area (Å²) in [7, 11) is 1.62. The van der Waals surface area contributed by atoms with E-state index in [1.54, 1.807) is 19.2 Å². The highest BCUT2D eigenvalue weighted by molar-refractivity contribution is 6.01. The van der Waals surface area contributed by atoms with E-state index < -0.39 is 0 Å². The molecule has 0 aliphatic carbocycles. The van der Waals surface area contributed by atoms with Crippen molar-refractivity contribution in [2.24, 2.45) is 5.84 Å². The van der Waals surface area contributed by atoms with Crippen LogP contribution in [-0.2, 0) is 0 Å². The second-order valence-corrected chi connectivity index (χ2v) is 5.68. The Labute approximate surface area is 149 Å². The van der Waals surface area contributed by atoms with Crippen LogP contribution in [-0.4, -0.2) is 21.6 Å². The molecule has 0 aliphatic rings. The van der Waals surface area contributed by atoms with Crippen LogP contribution in [0.2, 0.25) is 0 Å². The molecule has 7 heteroatoms. The van der Waals surface area contributed by atoms with Gasteiger partial charge in [0.1, 0.15) is 17.9 Å². The molecule has 0 unspecified atom stereocenters. The maximum absolute atomic E-state index is 13.3. The fourth-order valence-electron chi connectivity index (χ4n) is 2.96. The van der Waals surface area contributed by atoms with Crippen molar-refractivity contribution in [2.75, 3.05) is 12.5 Å². The van der Waals surface area contributed by atoms with Crippen LogP contribution in [0.1, 0.15) is 0 Å². The number of anilines is 1. The predicted octanol–water partition coefficient (Wildman–Crippen LogP) is 3.52. The number of nitrogens with one attached hydrogen (secondary N) is 1. The van der Waals surface area contributed by atoms with Gasteiger partial charge < -0.3 is 14.7 Å². The van der Waals surface area contributed by atoms with E-state index in [2.05, 4.69) is 15.4 Å². The Bertz CT molecular complexity index is 1060.